The Morgan fingerprint density at radius 3 is 2.66 bits per heavy atom. The summed E-state index contributed by atoms with van der Waals surface area (Å²) < 4.78 is 11.2. The van der Waals surface area contributed by atoms with Crippen LogP contribution in [0.25, 0.3) is 6.08 Å². The lowest BCUT2D eigenvalue weighted by molar-refractivity contribution is -0.135. The van der Waals surface area contributed by atoms with Crippen LogP contribution in [0.4, 0.5) is 0 Å². The van der Waals surface area contributed by atoms with Crippen molar-refractivity contribution >= 4 is 17.9 Å². The van der Waals surface area contributed by atoms with Crippen LogP contribution in [0.3, 0.4) is 0 Å². The van der Waals surface area contributed by atoms with E-state index in [0.717, 1.165) is 5.56 Å². The molecule has 1 aliphatic heterocycles. The number of benzene rings is 2. The average Bonchev–Trinajstić information content (AvgIpc) is 3.20. The lowest BCUT2D eigenvalue weighted by Gasteiger charge is -2.19. The predicted octanol–water partition coefficient (Wildman–Crippen LogP) is 2.57. The monoisotopic (exact) mass is 396 g/mol. The normalized spacial score (nSPS) is 18.3. The van der Waals surface area contributed by atoms with Gasteiger partial charge in [-0.3, -0.25) is 10.0 Å². The van der Waals surface area contributed by atoms with Gasteiger partial charge in [0.1, 0.15) is 12.4 Å². The van der Waals surface area contributed by atoms with Crippen molar-refractivity contribution in [3.8, 4) is 5.75 Å². The van der Waals surface area contributed by atoms with Gasteiger partial charge < -0.3 is 14.6 Å². The van der Waals surface area contributed by atoms with Gasteiger partial charge in [-0.1, -0.05) is 42.5 Å². The maximum atomic E-state index is 12.3. The summed E-state index contributed by atoms with van der Waals surface area (Å²) in [5.41, 5.74) is 2.19. The maximum absolute atomic E-state index is 12.3. The standard InChI is InChI=1S/C22H24N2O5/c25-14-5-15-28-19-11-9-18(10-12-19)20-23-22(16-29-20,21(26)24-27)13-4-8-17-6-2-1-3-7-17/h1-4,6-12,25,27H,5,13-16H2,(H,24,26)/b8-4+/t22-/m0/s1. The molecule has 0 aromatic heterocycles. The average molecular weight is 396 g/mol. The molecule has 3 rings (SSSR count). The number of aliphatic hydroxyl groups excluding tert-OH is 1. The van der Waals surface area contributed by atoms with Gasteiger partial charge in [-0.25, -0.2) is 10.5 Å². The topological polar surface area (TPSA) is 100 Å². The molecule has 29 heavy (non-hydrogen) atoms. The first-order valence-corrected chi connectivity index (χ1v) is 9.40. The van der Waals surface area contributed by atoms with Crippen LogP contribution in [-0.2, 0) is 9.53 Å². The van der Waals surface area contributed by atoms with Gasteiger partial charge in [-0.05, 0) is 29.8 Å². The highest BCUT2D eigenvalue weighted by molar-refractivity contribution is 6.00. The molecule has 7 heteroatoms. The van der Waals surface area contributed by atoms with Gasteiger partial charge in [0.15, 0.2) is 5.54 Å². The molecule has 0 spiro atoms. The molecule has 2 aromatic carbocycles. The highest BCUT2D eigenvalue weighted by Gasteiger charge is 2.43. The van der Waals surface area contributed by atoms with Crippen LogP contribution in [-0.4, -0.2) is 47.5 Å². The second kappa shape index (κ2) is 9.86. The molecule has 152 valence electrons. The van der Waals surface area contributed by atoms with Crippen molar-refractivity contribution in [3.63, 3.8) is 0 Å². The summed E-state index contributed by atoms with van der Waals surface area (Å²) in [6.45, 7) is 0.542. The third-order valence-corrected chi connectivity index (χ3v) is 4.53. The van der Waals surface area contributed by atoms with E-state index in [1.807, 2.05) is 42.5 Å². The Labute approximate surface area is 169 Å². The molecule has 0 bridgehead atoms. The zero-order chi connectivity index (χ0) is 20.5. The largest absolute Gasteiger partial charge is 0.494 e. The van der Waals surface area contributed by atoms with Crippen LogP contribution in [0, 0.1) is 0 Å². The van der Waals surface area contributed by atoms with Crippen molar-refractivity contribution in [1.82, 2.24) is 5.48 Å². The SMILES string of the molecule is O=C(NO)[C@]1(C/C=C/c2ccccc2)COC(c2ccc(OCCCO)cc2)=N1. The van der Waals surface area contributed by atoms with E-state index in [9.17, 15) is 10.0 Å². The van der Waals surface area contributed by atoms with Crippen molar-refractivity contribution < 1.29 is 24.6 Å². The second-order valence-electron chi connectivity index (χ2n) is 6.65. The molecule has 0 saturated heterocycles. The summed E-state index contributed by atoms with van der Waals surface area (Å²) >= 11 is 0. The minimum absolute atomic E-state index is 0.0304. The van der Waals surface area contributed by atoms with Crippen LogP contribution < -0.4 is 10.2 Å². The van der Waals surface area contributed by atoms with E-state index < -0.39 is 11.4 Å². The van der Waals surface area contributed by atoms with Crippen molar-refractivity contribution in [1.29, 1.82) is 0 Å². The summed E-state index contributed by atoms with van der Waals surface area (Å²) in [6.07, 6.45) is 4.59. The van der Waals surface area contributed by atoms with Crippen LogP contribution in [0.15, 0.2) is 65.7 Å². The van der Waals surface area contributed by atoms with E-state index in [4.69, 9.17) is 14.6 Å². The van der Waals surface area contributed by atoms with Gasteiger partial charge in [0, 0.05) is 25.0 Å². The number of rotatable bonds is 9. The van der Waals surface area contributed by atoms with Crippen molar-refractivity contribution in [2.75, 3.05) is 19.8 Å². The number of ether oxygens (including phenoxy) is 2. The van der Waals surface area contributed by atoms with Gasteiger partial charge >= 0.3 is 0 Å². The fourth-order valence-corrected chi connectivity index (χ4v) is 2.91. The lowest BCUT2D eigenvalue weighted by Crippen LogP contribution is -2.45. The Bertz CT molecular complexity index is 865. The van der Waals surface area contributed by atoms with Crippen LogP contribution in [0.5, 0.6) is 5.75 Å². The minimum atomic E-state index is -1.23. The van der Waals surface area contributed by atoms with Crippen LogP contribution in [0.1, 0.15) is 24.0 Å². The number of hydrogen-bond donors (Lipinski definition) is 3. The highest BCUT2D eigenvalue weighted by atomic mass is 16.5. The number of carbonyl (C=O) groups excluding carboxylic acids is 1. The molecule has 7 nitrogen and oxygen atoms in total. The molecular formula is C22H24N2O5. The molecule has 0 fully saturated rings. The summed E-state index contributed by atoms with van der Waals surface area (Å²) in [4.78, 5) is 16.8. The fraction of sp³-hybridized carbons (Fsp3) is 0.273. The number of aliphatic hydroxyl groups is 1. The number of hydrogen-bond acceptors (Lipinski definition) is 6. The molecule has 3 N–H and O–H groups in total. The molecule has 1 amide bonds. The van der Waals surface area contributed by atoms with E-state index in [0.29, 0.717) is 30.2 Å². The second-order valence-corrected chi connectivity index (χ2v) is 6.65. The van der Waals surface area contributed by atoms with E-state index in [1.54, 1.807) is 29.7 Å². The van der Waals surface area contributed by atoms with Crippen molar-refractivity contribution in [3.05, 3.63) is 71.8 Å². The molecule has 0 saturated carbocycles. The van der Waals surface area contributed by atoms with E-state index in [-0.39, 0.29) is 19.6 Å². The van der Waals surface area contributed by atoms with E-state index in [1.165, 1.54) is 0 Å². The zero-order valence-electron chi connectivity index (χ0n) is 16.0. The molecule has 2 aromatic rings. The molecule has 1 atom stereocenters. The molecule has 0 aliphatic carbocycles. The fourth-order valence-electron chi connectivity index (χ4n) is 2.91. The highest BCUT2D eigenvalue weighted by Crippen LogP contribution is 2.27. The zero-order valence-corrected chi connectivity index (χ0v) is 16.0. The number of carbonyl (C=O) groups is 1. The number of nitrogens with one attached hydrogen (secondary N) is 1. The van der Waals surface area contributed by atoms with Crippen LogP contribution in [0.2, 0.25) is 0 Å². The molecule has 1 aliphatic rings. The number of aliphatic imine (C=N–C) groups is 1. The Morgan fingerprint density at radius 2 is 1.97 bits per heavy atom. The first-order chi connectivity index (χ1) is 14.2. The molecule has 0 radical (unpaired) electrons. The Kier molecular flexibility index (Phi) is 6.99. The van der Waals surface area contributed by atoms with Gasteiger partial charge in [-0.2, -0.15) is 0 Å². The van der Waals surface area contributed by atoms with Gasteiger partial charge in [0.2, 0.25) is 5.90 Å². The Balaban J connectivity index is 1.74. The van der Waals surface area contributed by atoms with Crippen LogP contribution >= 0.6 is 0 Å². The first kappa shape index (κ1) is 20.6. The number of amides is 1. The summed E-state index contributed by atoms with van der Waals surface area (Å²) in [7, 11) is 0. The Hall–Kier alpha value is -3.16. The number of hydroxylamine groups is 1. The predicted molar refractivity (Wildman–Crippen MR) is 109 cm³/mol. The van der Waals surface area contributed by atoms with Gasteiger partial charge in [0.05, 0.1) is 6.61 Å². The Morgan fingerprint density at radius 1 is 1.21 bits per heavy atom. The minimum Gasteiger partial charge on any atom is -0.494 e. The van der Waals surface area contributed by atoms with Crippen molar-refractivity contribution in [2.24, 2.45) is 4.99 Å². The summed E-state index contributed by atoms with van der Waals surface area (Å²) in [6, 6.07) is 16.9. The third-order valence-electron chi connectivity index (χ3n) is 4.53. The lowest BCUT2D eigenvalue weighted by atomic mass is 9.96. The smallest absolute Gasteiger partial charge is 0.275 e. The molecule has 0 unspecified atom stereocenters. The van der Waals surface area contributed by atoms with E-state index >= 15 is 0 Å². The molecular weight excluding hydrogens is 372 g/mol. The first-order valence-electron chi connectivity index (χ1n) is 9.40. The molecule has 1 heterocycles. The van der Waals surface area contributed by atoms with Gasteiger partial charge in [-0.15, -0.1) is 0 Å². The maximum Gasteiger partial charge on any atom is 0.275 e. The summed E-state index contributed by atoms with van der Waals surface area (Å²) in [5.74, 6) is 0.392. The van der Waals surface area contributed by atoms with Crippen molar-refractivity contribution in [2.45, 2.75) is 18.4 Å². The number of nitrogens with zero attached hydrogens (tertiary/aromatic N) is 1. The van der Waals surface area contributed by atoms with E-state index in [2.05, 4.69) is 4.99 Å². The summed E-state index contributed by atoms with van der Waals surface area (Å²) in [5, 5.41) is 18.0. The third kappa shape index (κ3) is 5.22. The van der Waals surface area contributed by atoms with Gasteiger partial charge in [0.25, 0.3) is 5.91 Å². The quantitative estimate of drug-likeness (QED) is 0.344.